The van der Waals surface area contributed by atoms with E-state index >= 15 is 8.78 Å². The number of hydrogen-bond donors (Lipinski definition) is 3. The van der Waals surface area contributed by atoms with Gasteiger partial charge in [0.15, 0.2) is 5.82 Å². The van der Waals surface area contributed by atoms with Gasteiger partial charge in [-0.1, -0.05) is 5.92 Å². The summed E-state index contributed by atoms with van der Waals surface area (Å²) in [4.78, 5) is 18.7. The number of nitrogens with one attached hydrogen (secondary N) is 1. The van der Waals surface area contributed by atoms with Crippen molar-refractivity contribution in [3.8, 4) is 28.7 Å². The number of ether oxygens (including phenoxy) is 1. The number of aliphatic hydroxyl groups is 1. The van der Waals surface area contributed by atoms with Crippen molar-refractivity contribution < 1.29 is 41.0 Å². The molecule has 0 aliphatic heterocycles. The van der Waals surface area contributed by atoms with Crippen LogP contribution in [0.4, 0.5) is 32.2 Å². The number of aromatic nitrogens is 5. The number of halogens is 6. The number of benzene rings is 2. The third-order valence-electron chi connectivity index (χ3n) is 9.88. The van der Waals surface area contributed by atoms with Crippen LogP contribution in [0.3, 0.4) is 0 Å². The van der Waals surface area contributed by atoms with E-state index in [4.69, 9.17) is 15.5 Å². The van der Waals surface area contributed by atoms with Gasteiger partial charge in [0, 0.05) is 35.7 Å². The lowest BCUT2D eigenvalue weighted by Gasteiger charge is -2.34. The third-order valence-corrected chi connectivity index (χ3v) is 9.88. The highest BCUT2D eigenvalue weighted by Gasteiger charge is 2.62. The van der Waals surface area contributed by atoms with Crippen molar-refractivity contribution >= 4 is 22.6 Å². The minimum atomic E-state index is -3.48. The van der Waals surface area contributed by atoms with Crippen LogP contribution in [0.25, 0.3) is 22.0 Å². The first-order valence-corrected chi connectivity index (χ1v) is 17.0. The van der Waals surface area contributed by atoms with E-state index in [2.05, 4.69) is 27.4 Å². The summed E-state index contributed by atoms with van der Waals surface area (Å²) in [5.74, 6) is -2.06. The molecule has 3 heterocycles. The quantitative estimate of drug-likeness (QED) is 0.116. The lowest BCUT2D eigenvalue weighted by molar-refractivity contribution is -0.123. The van der Waals surface area contributed by atoms with Crippen molar-refractivity contribution in [1.29, 1.82) is 0 Å². The molecule has 1 amide bonds. The van der Waals surface area contributed by atoms with Crippen LogP contribution < -0.4 is 15.8 Å². The zero-order valence-corrected chi connectivity index (χ0v) is 29.5. The second-order valence-corrected chi connectivity index (χ2v) is 14.1. The Bertz CT molecular complexity index is 2350. The Morgan fingerprint density at radius 1 is 1.09 bits per heavy atom. The number of fused-ring (bicyclic) bond motifs is 4. The Hall–Kier alpha value is -5.56. The highest BCUT2D eigenvalue weighted by atomic mass is 19.3. The van der Waals surface area contributed by atoms with E-state index < -0.39 is 71.3 Å². The SMILES string of the molecule is COc1ccc(-c2ccc(C#CC(C)(C)O)nc2[C@H](Cc2cc(F)cc(F)c2)NC(=O)Cn2nc(C(F)F)c3c2C(F)(F)[C@@H]2CC[C@H]32)c2c1c(N)nn2C. The first kappa shape index (κ1) is 36.8. The highest BCUT2D eigenvalue weighted by Crippen LogP contribution is 2.63. The standard InChI is InChI=1S/C38H35F6N7O3/c1-37(2,53)12-11-21-5-6-22(23-8-10-27(54-4)30-33(23)50(3)49-36(30)45)31(46-21)26(15-18-13-19(39)16-20(40)14-18)47-28(52)17-51-34-29(32(48-51)35(41)42)24-7-9-25(24)38(34,43)44/h5-6,8,10,13-14,16,24-26,35,53H,7,9,15,17H2,1-4H3,(H2,45,49)(H,47,52)/t24-,25+,26-/m0/s1. The molecule has 1 saturated carbocycles. The number of rotatable bonds is 9. The predicted octanol–water partition coefficient (Wildman–Crippen LogP) is 6.46. The third kappa shape index (κ3) is 6.50. The van der Waals surface area contributed by atoms with E-state index in [9.17, 15) is 27.5 Å². The molecule has 0 saturated heterocycles. The van der Waals surface area contributed by atoms with Crippen LogP contribution in [0.15, 0.2) is 42.5 Å². The number of amides is 1. The van der Waals surface area contributed by atoms with Crippen LogP contribution in [0.5, 0.6) is 5.75 Å². The van der Waals surface area contributed by atoms with E-state index in [0.717, 1.165) is 12.1 Å². The number of carbonyl (C=O) groups is 1. The maximum Gasteiger partial charge on any atom is 0.293 e. The Balaban J connectivity index is 1.37. The molecule has 5 aromatic rings. The second-order valence-electron chi connectivity index (χ2n) is 14.1. The summed E-state index contributed by atoms with van der Waals surface area (Å²) in [6, 6.07) is 8.18. The maximum absolute atomic E-state index is 15.6. The van der Waals surface area contributed by atoms with E-state index in [0.29, 0.717) is 44.9 Å². The number of nitrogens with zero attached hydrogens (tertiary/aromatic N) is 5. The number of hydrogen-bond acceptors (Lipinski definition) is 7. The maximum atomic E-state index is 15.6. The molecule has 10 nitrogen and oxygen atoms in total. The molecule has 3 aromatic heterocycles. The Kier molecular flexibility index (Phi) is 9.12. The number of pyridine rings is 1. The first-order valence-electron chi connectivity index (χ1n) is 17.0. The van der Waals surface area contributed by atoms with Gasteiger partial charge in [-0.05, 0) is 86.9 Å². The number of aryl methyl sites for hydroxylation is 1. The van der Waals surface area contributed by atoms with Gasteiger partial charge in [-0.15, -0.1) is 0 Å². The zero-order valence-electron chi connectivity index (χ0n) is 29.5. The minimum absolute atomic E-state index is 0.103. The molecule has 3 atom stereocenters. The lowest BCUT2D eigenvalue weighted by Crippen LogP contribution is -2.36. The van der Waals surface area contributed by atoms with E-state index in [1.165, 1.54) is 25.6 Å². The van der Waals surface area contributed by atoms with Gasteiger partial charge in [0.25, 0.3) is 12.3 Å². The number of nitrogens with two attached hydrogens (primary N) is 1. The molecule has 2 aliphatic rings. The molecule has 2 aliphatic carbocycles. The number of nitrogen functional groups attached to an aromatic ring is 1. The summed E-state index contributed by atoms with van der Waals surface area (Å²) in [6.45, 7) is 2.08. The minimum Gasteiger partial charge on any atom is -0.496 e. The van der Waals surface area contributed by atoms with Gasteiger partial charge in [0.1, 0.15) is 46.6 Å². The van der Waals surface area contributed by atoms with E-state index in [1.807, 2.05) is 0 Å². The van der Waals surface area contributed by atoms with Gasteiger partial charge in [0.05, 0.1) is 29.7 Å². The van der Waals surface area contributed by atoms with Crippen molar-refractivity contribution in [3.05, 3.63) is 88.0 Å². The smallest absolute Gasteiger partial charge is 0.293 e. The molecule has 0 bridgehead atoms. The average molecular weight is 752 g/mol. The largest absolute Gasteiger partial charge is 0.496 e. The van der Waals surface area contributed by atoms with Crippen molar-refractivity contribution in [2.75, 3.05) is 12.8 Å². The van der Waals surface area contributed by atoms with Gasteiger partial charge in [-0.3, -0.25) is 14.2 Å². The van der Waals surface area contributed by atoms with Crippen molar-refractivity contribution in [3.63, 3.8) is 0 Å². The predicted molar refractivity (Wildman–Crippen MR) is 186 cm³/mol. The fourth-order valence-corrected chi connectivity index (χ4v) is 7.56. The molecule has 2 aromatic carbocycles. The van der Waals surface area contributed by atoms with Crippen molar-refractivity contribution in [2.45, 2.75) is 69.6 Å². The van der Waals surface area contributed by atoms with Gasteiger partial charge in [0.2, 0.25) is 5.91 Å². The molecule has 0 radical (unpaired) electrons. The van der Waals surface area contributed by atoms with E-state index in [-0.39, 0.29) is 41.2 Å². The fourth-order valence-electron chi connectivity index (χ4n) is 7.56. The summed E-state index contributed by atoms with van der Waals surface area (Å²) in [5.41, 5.74) is 4.94. The summed E-state index contributed by atoms with van der Waals surface area (Å²) in [5, 5.41) is 21.7. The number of alkyl halides is 4. The van der Waals surface area contributed by atoms with Crippen LogP contribution in [-0.4, -0.2) is 48.3 Å². The Morgan fingerprint density at radius 3 is 2.43 bits per heavy atom. The molecule has 0 unspecified atom stereocenters. The number of methoxy groups -OCH3 is 1. The van der Waals surface area contributed by atoms with Crippen LogP contribution in [0.1, 0.15) is 79.0 Å². The van der Waals surface area contributed by atoms with Crippen LogP contribution >= 0.6 is 0 Å². The average Bonchev–Trinajstić information content (AvgIpc) is 3.63. The Labute approximate surface area is 305 Å². The first-order chi connectivity index (χ1) is 25.5. The zero-order chi connectivity index (χ0) is 38.9. The normalized spacial score (nSPS) is 17.8. The van der Waals surface area contributed by atoms with Crippen LogP contribution in [0.2, 0.25) is 0 Å². The topological polar surface area (TPSA) is 133 Å². The second kappa shape index (κ2) is 13.4. The molecule has 4 N–H and O–H groups in total. The molecule has 0 spiro atoms. The van der Waals surface area contributed by atoms with Crippen LogP contribution in [0, 0.1) is 29.4 Å². The summed E-state index contributed by atoms with van der Waals surface area (Å²) >= 11 is 0. The van der Waals surface area contributed by atoms with Gasteiger partial charge < -0.3 is 20.9 Å². The molecule has 54 heavy (non-hydrogen) atoms. The number of anilines is 1. The summed E-state index contributed by atoms with van der Waals surface area (Å²) in [7, 11) is 3.12. The molecule has 7 rings (SSSR count). The number of carbonyl (C=O) groups excluding carboxylic acids is 1. The molecular weight excluding hydrogens is 716 g/mol. The monoisotopic (exact) mass is 751 g/mol. The molecule has 282 valence electrons. The Morgan fingerprint density at radius 2 is 1.80 bits per heavy atom. The lowest BCUT2D eigenvalue weighted by atomic mass is 9.73. The van der Waals surface area contributed by atoms with Crippen molar-refractivity contribution in [1.82, 2.24) is 29.9 Å². The molecule has 16 heteroatoms. The summed E-state index contributed by atoms with van der Waals surface area (Å²) < 4.78 is 96.2. The van der Waals surface area contributed by atoms with Gasteiger partial charge in [-0.2, -0.15) is 19.0 Å². The van der Waals surface area contributed by atoms with E-state index in [1.54, 1.807) is 31.3 Å². The van der Waals surface area contributed by atoms with Gasteiger partial charge >= 0.3 is 0 Å². The van der Waals surface area contributed by atoms with Crippen LogP contribution in [-0.2, 0) is 30.7 Å². The van der Waals surface area contributed by atoms with Gasteiger partial charge in [-0.25, -0.2) is 22.5 Å². The summed E-state index contributed by atoms with van der Waals surface area (Å²) in [6.07, 6.45) is -2.96. The van der Waals surface area contributed by atoms with Crippen molar-refractivity contribution in [2.24, 2.45) is 13.0 Å². The molecular formula is C38H35F6N7O3. The fraction of sp³-hybridized carbons (Fsp3) is 0.368. The molecule has 1 fully saturated rings. The highest BCUT2D eigenvalue weighted by molar-refractivity contribution is 6.03.